The maximum atomic E-state index is 12.6. The molecule has 3 aromatic rings. The van der Waals surface area contributed by atoms with Gasteiger partial charge in [-0.15, -0.1) is 0 Å². The molecule has 0 bridgehead atoms. The Morgan fingerprint density at radius 1 is 1.04 bits per heavy atom. The fourth-order valence-corrected chi connectivity index (χ4v) is 3.05. The van der Waals surface area contributed by atoms with E-state index in [-0.39, 0.29) is 5.91 Å². The van der Waals surface area contributed by atoms with Crippen LogP contribution in [0.15, 0.2) is 60.7 Å². The molecule has 0 aliphatic carbocycles. The van der Waals surface area contributed by atoms with Crippen molar-refractivity contribution in [1.29, 1.82) is 0 Å². The summed E-state index contributed by atoms with van der Waals surface area (Å²) >= 11 is 0. The molecule has 0 saturated carbocycles. The first kappa shape index (κ1) is 15.3. The van der Waals surface area contributed by atoms with Crippen LogP contribution in [0.1, 0.15) is 21.7 Å². The van der Waals surface area contributed by atoms with Crippen molar-refractivity contribution in [1.82, 2.24) is 9.97 Å². The average Bonchev–Trinajstić information content (AvgIpc) is 3.06. The molecule has 0 fully saturated rings. The molecule has 1 aromatic heterocycles. The summed E-state index contributed by atoms with van der Waals surface area (Å²) in [4.78, 5) is 23.7. The van der Waals surface area contributed by atoms with Gasteiger partial charge in [0.1, 0.15) is 5.69 Å². The van der Waals surface area contributed by atoms with E-state index in [9.17, 15) is 4.79 Å². The first-order valence-electron chi connectivity index (χ1n) is 8.28. The highest BCUT2D eigenvalue weighted by Gasteiger charge is 2.23. The number of hydrogen-bond donors (Lipinski definition) is 1. The quantitative estimate of drug-likeness (QED) is 0.795. The van der Waals surface area contributed by atoms with E-state index in [1.807, 2.05) is 49.4 Å². The third-order valence-corrected chi connectivity index (χ3v) is 4.24. The molecular weight excluding hydrogens is 312 g/mol. The lowest BCUT2D eigenvalue weighted by Gasteiger charge is -2.18. The van der Waals surface area contributed by atoms with Gasteiger partial charge in [-0.1, -0.05) is 36.4 Å². The van der Waals surface area contributed by atoms with Crippen LogP contribution >= 0.6 is 0 Å². The van der Waals surface area contributed by atoms with Gasteiger partial charge in [0.15, 0.2) is 0 Å². The number of hydrogen-bond acceptors (Lipinski definition) is 4. The summed E-state index contributed by atoms with van der Waals surface area (Å²) < 4.78 is 0. The Kier molecular flexibility index (Phi) is 3.90. The highest BCUT2D eigenvalue weighted by molar-refractivity contribution is 6.03. The van der Waals surface area contributed by atoms with Gasteiger partial charge in [0, 0.05) is 23.6 Å². The van der Waals surface area contributed by atoms with Crippen molar-refractivity contribution < 1.29 is 4.79 Å². The highest BCUT2D eigenvalue weighted by Crippen LogP contribution is 2.32. The molecule has 0 spiro atoms. The van der Waals surface area contributed by atoms with Crippen LogP contribution < -0.4 is 10.2 Å². The summed E-state index contributed by atoms with van der Waals surface area (Å²) in [5, 5.41) is 2.87. The van der Waals surface area contributed by atoms with Crippen LogP contribution in [0.4, 0.5) is 17.3 Å². The molecule has 0 saturated heterocycles. The Morgan fingerprint density at radius 2 is 1.80 bits per heavy atom. The molecule has 5 nitrogen and oxygen atoms in total. The van der Waals surface area contributed by atoms with Crippen molar-refractivity contribution in [2.45, 2.75) is 13.3 Å². The Balaban J connectivity index is 1.65. The first-order valence-corrected chi connectivity index (χ1v) is 8.28. The SMILES string of the molecule is Cc1cc(C(=O)Nc2ccccc2)nc(N2CCc3ccccc32)n1. The van der Waals surface area contributed by atoms with E-state index >= 15 is 0 Å². The van der Waals surface area contributed by atoms with E-state index in [2.05, 4.69) is 32.3 Å². The Hall–Kier alpha value is -3.21. The standard InChI is InChI=1S/C20H18N4O/c1-14-13-17(19(25)22-16-8-3-2-4-9-16)23-20(21-14)24-12-11-15-7-5-6-10-18(15)24/h2-10,13H,11-12H2,1H3,(H,22,25). The topological polar surface area (TPSA) is 58.1 Å². The van der Waals surface area contributed by atoms with Crippen LogP contribution in [-0.4, -0.2) is 22.4 Å². The summed E-state index contributed by atoms with van der Waals surface area (Å²) in [6.07, 6.45) is 0.957. The molecule has 0 atom stereocenters. The zero-order chi connectivity index (χ0) is 17.2. The lowest BCUT2D eigenvalue weighted by molar-refractivity contribution is 0.102. The van der Waals surface area contributed by atoms with Crippen LogP contribution in [0.2, 0.25) is 0 Å². The highest BCUT2D eigenvalue weighted by atomic mass is 16.1. The van der Waals surface area contributed by atoms with Gasteiger partial charge < -0.3 is 10.2 Å². The summed E-state index contributed by atoms with van der Waals surface area (Å²) in [7, 11) is 0. The Morgan fingerprint density at radius 3 is 2.64 bits per heavy atom. The lowest BCUT2D eigenvalue weighted by atomic mass is 10.2. The van der Waals surface area contributed by atoms with Crippen LogP contribution in [-0.2, 0) is 6.42 Å². The molecular formula is C20H18N4O. The normalized spacial score (nSPS) is 12.8. The number of nitrogens with one attached hydrogen (secondary N) is 1. The van der Waals surface area contributed by atoms with E-state index in [0.29, 0.717) is 11.6 Å². The predicted octanol–water partition coefficient (Wildman–Crippen LogP) is 3.73. The summed E-state index contributed by atoms with van der Waals surface area (Å²) in [6, 6.07) is 19.3. The van der Waals surface area contributed by atoms with Gasteiger partial charge >= 0.3 is 0 Å². The largest absolute Gasteiger partial charge is 0.321 e. The number of carbonyl (C=O) groups is 1. The number of para-hydroxylation sites is 2. The number of benzene rings is 2. The molecule has 124 valence electrons. The van der Waals surface area contributed by atoms with Crippen LogP contribution in [0.5, 0.6) is 0 Å². The minimum absolute atomic E-state index is 0.231. The maximum Gasteiger partial charge on any atom is 0.274 e. The molecule has 25 heavy (non-hydrogen) atoms. The van der Waals surface area contributed by atoms with Crippen molar-refractivity contribution in [3.05, 3.63) is 77.6 Å². The monoisotopic (exact) mass is 330 g/mol. The van der Waals surface area contributed by atoms with Crippen molar-refractivity contribution in [3.63, 3.8) is 0 Å². The molecule has 2 heterocycles. The zero-order valence-corrected chi connectivity index (χ0v) is 13.9. The van der Waals surface area contributed by atoms with Gasteiger partial charge in [0.2, 0.25) is 5.95 Å². The number of rotatable bonds is 3. The smallest absolute Gasteiger partial charge is 0.274 e. The summed E-state index contributed by atoms with van der Waals surface area (Å²) in [5.74, 6) is 0.341. The summed E-state index contributed by atoms with van der Waals surface area (Å²) in [5.41, 5.74) is 4.28. The molecule has 2 aromatic carbocycles. The van der Waals surface area contributed by atoms with E-state index in [1.54, 1.807) is 6.07 Å². The summed E-state index contributed by atoms with van der Waals surface area (Å²) in [6.45, 7) is 2.70. The van der Waals surface area contributed by atoms with Gasteiger partial charge in [0.25, 0.3) is 5.91 Å². The first-order chi connectivity index (χ1) is 12.2. The average molecular weight is 330 g/mol. The number of amides is 1. The number of nitrogens with zero attached hydrogens (tertiary/aromatic N) is 3. The molecule has 1 N–H and O–H groups in total. The molecule has 1 aliphatic rings. The third-order valence-electron chi connectivity index (χ3n) is 4.24. The van der Waals surface area contributed by atoms with E-state index in [4.69, 9.17) is 0 Å². The van der Waals surface area contributed by atoms with Crippen LogP contribution in [0.25, 0.3) is 0 Å². The van der Waals surface area contributed by atoms with Crippen molar-refractivity contribution >= 4 is 23.2 Å². The Labute approximate surface area is 146 Å². The second-order valence-corrected chi connectivity index (χ2v) is 6.05. The lowest BCUT2D eigenvalue weighted by Crippen LogP contribution is -2.20. The fourth-order valence-electron chi connectivity index (χ4n) is 3.05. The fraction of sp³-hybridized carbons (Fsp3) is 0.150. The zero-order valence-electron chi connectivity index (χ0n) is 13.9. The van der Waals surface area contributed by atoms with Gasteiger partial charge in [-0.2, -0.15) is 0 Å². The van der Waals surface area contributed by atoms with Gasteiger partial charge in [-0.05, 0) is 43.2 Å². The van der Waals surface area contributed by atoms with Crippen molar-refractivity contribution in [2.75, 3.05) is 16.8 Å². The number of aromatic nitrogens is 2. The predicted molar refractivity (Wildman–Crippen MR) is 98.3 cm³/mol. The molecule has 5 heteroatoms. The van der Waals surface area contributed by atoms with Crippen molar-refractivity contribution in [3.8, 4) is 0 Å². The van der Waals surface area contributed by atoms with Gasteiger partial charge in [-0.25, -0.2) is 9.97 Å². The molecule has 0 radical (unpaired) electrons. The minimum atomic E-state index is -0.231. The van der Waals surface area contributed by atoms with Crippen LogP contribution in [0, 0.1) is 6.92 Å². The number of carbonyl (C=O) groups excluding carboxylic acids is 1. The van der Waals surface area contributed by atoms with Crippen molar-refractivity contribution in [2.24, 2.45) is 0 Å². The van der Waals surface area contributed by atoms with Crippen LogP contribution in [0.3, 0.4) is 0 Å². The number of anilines is 3. The van der Waals surface area contributed by atoms with Gasteiger partial charge in [0.05, 0.1) is 0 Å². The second-order valence-electron chi connectivity index (χ2n) is 6.05. The van der Waals surface area contributed by atoms with E-state index < -0.39 is 0 Å². The molecule has 0 unspecified atom stereocenters. The minimum Gasteiger partial charge on any atom is -0.321 e. The number of fused-ring (bicyclic) bond motifs is 1. The van der Waals surface area contributed by atoms with Gasteiger partial charge in [-0.3, -0.25) is 4.79 Å². The van der Waals surface area contributed by atoms with E-state index in [0.717, 1.165) is 30.0 Å². The second kappa shape index (κ2) is 6.36. The molecule has 4 rings (SSSR count). The molecule has 1 amide bonds. The Bertz CT molecular complexity index is 924. The number of aryl methyl sites for hydroxylation is 1. The van der Waals surface area contributed by atoms with E-state index in [1.165, 1.54) is 5.56 Å². The maximum absolute atomic E-state index is 12.6. The third kappa shape index (κ3) is 3.08. The molecule has 1 aliphatic heterocycles.